The van der Waals surface area contributed by atoms with Crippen molar-refractivity contribution in [1.29, 1.82) is 0 Å². The van der Waals surface area contributed by atoms with E-state index in [1.54, 1.807) is 4.90 Å². The molecule has 1 aromatic carbocycles. The second-order valence-corrected chi connectivity index (χ2v) is 5.14. The van der Waals surface area contributed by atoms with Gasteiger partial charge in [0.05, 0.1) is 6.04 Å². The monoisotopic (exact) mass is 282 g/mol. The molecule has 1 atom stereocenters. The van der Waals surface area contributed by atoms with Crippen molar-refractivity contribution in [3.63, 3.8) is 0 Å². The number of rotatable bonds is 5. The summed E-state index contributed by atoms with van der Waals surface area (Å²) in [6.07, 6.45) is 2.69. The van der Waals surface area contributed by atoms with Crippen LogP contribution in [0.25, 0.3) is 0 Å². The predicted octanol–water partition coefficient (Wildman–Crippen LogP) is 2.46. The highest BCUT2D eigenvalue weighted by molar-refractivity contribution is 5.82. The fraction of sp³-hybridized carbons (Fsp3) is 0.533. The van der Waals surface area contributed by atoms with Gasteiger partial charge in [0, 0.05) is 24.7 Å². The molecule has 1 unspecified atom stereocenters. The number of carbonyl (C=O) groups is 1. The van der Waals surface area contributed by atoms with Crippen molar-refractivity contribution in [3.05, 3.63) is 35.4 Å². The topological polar surface area (TPSA) is 32.3 Å². The Labute approximate surface area is 118 Å². The van der Waals surface area contributed by atoms with Crippen molar-refractivity contribution in [2.45, 2.75) is 38.8 Å². The van der Waals surface area contributed by atoms with Crippen LogP contribution in [0.2, 0.25) is 0 Å². The van der Waals surface area contributed by atoms with Crippen LogP contribution in [0.4, 0.5) is 8.78 Å². The largest absolute Gasteiger partial charge is 0.337 e. The molecule has 1 aromatic rings. The molecule has 1 heterocycles. The van der Waals surface area contributed by atoms with E-state index in [4.69, 9.17) is 0 Å². The summed E-state index contributed by atoms with van der Waals surface area (Å²) in [6, 6.07) is 3.31. The molecule has 1 fully saturated rings. The highest BCUT2D eigenvalue weighted by Gasteiger charge is 2.28. The van der Waals surface area contributed by atoms with Crippen LogP contribution in [0.15, 0.2) is 18.2 Å². The first-order valence-corrected chi connectivity index (χ1v) is 7.08. The Balaban J connectivity index is 2.02. The number of nitrogens with one attached hydrogen (secondary N) is 1. The maximum atomic E-state index is 13.6. The number of piperidine rings is 1. The standard InChI is InChI=1S/C15H20F2N2O/c1-2-7-18-14-4-3-8-19(15(14)20)10-11-5-6-12(16)9-13(11)17/h5-6,9,14,18H,2-4,7-8,10H2,1H3. The molecule has 0 radical (unpaired) electrons. The van der Waals surface area contributed by atoms with E-state index in [1.165, 1.54) is 12.1 Å². The molecule has 1 N–H and O–H groups in total. The molecule has 0 bridgehead atoms. The van der Waals surface area contributed by atoms with Crippen LogP contribution in [-0.2, 0) is 11.3 Å². The van der Waals surface area contributed by atoms with E-state index in [0.29, 0.717) is 12.1 Å². The third-order valence-electron chi connectivity index (χ3n) is 3.55. The van der Waals surface area contributed by atoms with Crippen LogP contribution in [0.5, 0.6) is 0 Å². The van der Waals surface area contributed by atoms with Crippen molar-refractivity contribution in [2.75, 3.05) is 13.1 Å². The Hall–Kier alpha value is -1.49. The number of carbonyl (C=O) groups excluding carboxylic acids is 1. The number of hydrogen-bond acceptors (Lipinski definition) is 2. The van der Waals surface area contributed by atoms with E-state index in [-0.39, 0.29) is 18.5 Å². The minimum absolute atomic E-state index is 0.00780. The summed E-state index contributed by atoms with van der Waals surface area (Å²) in [4.78, 5) is 13.9. The molecule has 1 saturated heterocycles. The summed E-state index contributed by atoms with van der Waals surface area (Å²) in [7, 11) is 0. The molecule has 0 aromatic heterocycles. The maximum absolute atomic E-state index is 13.6. The lowest BCUT2D eigenvalue weighted by Crippen LogP contribution is -2.50. The first kappa shape index (κ1) is 14.9. The molecule has 0 spiro atoms. The van der Waals surface area contributed by atoms with E-state index in [2.05, 4.69) is 5.32 Å². The first-order chi connectivity index (χ1) is 9.61. The Kier molecular flexibility index (Phi) is 5.06. The first-order valence-electron chi connectivity index (χ1n) is 7.08. The lowest BCUT2D eigenvalue weighted by Gasteiger charge is -2.33. The second kappa shape index (κ2) is 6.79. The smallest absolute Gasteiger partial charge is 0.240 e. The average Bonchev–Trinajstić information content (AvgIpc) is 2.42. The predicted molar refractivity (Wildman–Crippen MR) is 73.1 cm³/mol. The summed E-state index contributed by atoms with van der Waals surface area (Å²) in [5, 5.41) is 3.22. The summed E-state index contributed by atoms with van der Waals surface area (Å²) in [5.41, 5.74) is 0.357. The zero-order valence-electron chi connectivity index (χ0n) is 11.7. The normalized spacial score (nSPS) is 19.4. The van der Waals surface area contributed by atoms with Crippen LogP contribution in [0.1, 0.15) is 31.7 Å². The van der Waals surface area contributed by atoms with Gasteiger partial charge in [-0.15, -0.1) is 0 Å². The summed E-state index contributed by atoms with van der Waals surface area (Å²) >= 11 is 0. The fourth-order valence-electron chi connectivity index (χ4n) is 2.46. The lowest BCUT2D eigenvalue weighted by molar-refractivity contribution is -0.136. The molecule has 0 aliphatic carbocycles. The molecule has 1 aliphatic heterocycles. The average molecular weight is 282 g/mol. The van der Waals surface area contributed by atoms with Gasteiger partial charge in [-0.1, -0.05) is 13.0 Å². The summed E-state index contributed by atoms with van der Waals surface area (Å²) in [5.74, 6) is -1.19. The van der Waals surface area contributed by atoms with Crippen LogP contribution in [-0.4, -0.2) is 29.9 Å². The number of nitrogens with zero attached hydrogens (tertiary/aromatic N) is 1. The second-order valence-electron chi connectivity index (χ2n) is 5.14. The van der Waals surface area contributed by atoms with Crippen molar-refractivity contribution >= 4 is 5.91 Å². The molecule has 0 saturated carbocycles. The van der Waals surface area contributed by atoms with Gasteiger partial charge in [0.25, 0.3) is 0 Å². The van der Waals surface area contributed by atoms with Crippen molar-refractivity contribution in [2.24, 2.45) is 0 Å². The number of benzene rings is 1. The molecule has 3 nitrogen and oxygen atoms in total. The number of halogens is 2. The van der Waals surface area contributed by atoms with Gasteiger partial charge < -0.3 is 10.2 Å². The SMILES string of the molecule is CCCNC1CCCN(Cc2ccc(F)cc2F)C1=O. The van der Waals surface area contributed by atoms with Crippen LogP contribution >= 0.6 is 0 Å². The zero-order chi connectivity index (χ0) is 14.5. The molecule has 110 valence electrons. The van der Waals surface area contributed by atoms with E-state index < -0.39 is 11.6 Å². The highest BCUT2D eigenvalue weighted by Crippen LogP contribution is 2.17. The minimum atomic E-state index is -0.598. The van der Waals surface area contributed by atoms with Gasteiger partial charge in [0.15, 0.2) is 0 Å². The number of hydrogen-bond donors (Lipinski definition) is 1. The maximum Gasteiger partial charge on any atom is 0.240 e. The van der Waals surface area contributed by atoms with Gasteiger partial charge in [0.1, 0.15) is 11.6 Å². The van der Waals surface area contributed by atoms with Gasteiger partial charge in [0.2, 0.25) is 5.91 Å². The molecule has 1 aliphatic rings. The van der Waals surface area contributed by atoms with Gasteiger partial charge >= 0.3 is 0 Å². The van der Waals surface area contributed by atoms with Gasteiger partial charge in [-0.3, -0.25) is 4.79 Å². The van der Waals surface area contributed by atoms with Crippen LogP contribution in [0, 0.1) is 11.6 Å². The van der Waals surface area contributed by atoms with Crippen LogP contribution < -0.4 is 5.32 Å². The molecule has 1 amide bonds. The quantitative estimate of drug-likeness (QED) is 0.899. The molecular weight excluding hydrogens is 262 g/mol. The number of amides is 1. The van der Waals surface area contributed by atoms with Crippen molar-refractivity contribution < 1.29 is 13.6 Å². The summed E-state index contributed by atoms with van der Waals surface area (Å²) < 4.78 is 26.5. The highest BCUT2D eigenvalue weighted by atomic mass is 19.1. The Morgan fingerprint density at radius 1 is 1.40 bits per heavy atom. The van der Waals surface area contributed by atoms with E-state index in [0.717, 1.165) is 31.9 Å². The zero-order valence-corrected chi connectivity index (χ0v) is 11.7. The Morgan fingerprint density at radius 2 is 2.20 bits per heavy atom. The van der Waals surface area contributed by atoms with Gasteiger partial charge in [-0.2, -0.15) is 0 Å². The van der Waals surface area contributed by atoms with E-state index in [9.17, 15) is 13.6 Å². The lowest BCUT2D eigenvalue weighted by atomic mass is 10.0. The summed E-state index contributed by atoms with van der Waals surface area (Å²) in [6.45, 7) is 3.68. The van der Waals surface area contributed by atoms with E-state index in [1.807, 2.05) is 6.92 Å². The van der Waals surface area contributed by atoms with Crippen molar-refractivity contribution in [3.8, 4) is 0 Å². The Bertz CT molecular complexity index is 479. The molecule has 20 heavy (non-hydrogen) atoms. The fourth-order valence-corrected chi connectivity index (χ4v) is 2.46. The molecular formula is C15H20F2N2O. The Morgan fingerprint density at radius 3 is 2.90 bits per heavy atom. The van der Waals surface area contributed by atoms with Crippen molar-refractivity contribution in [1.82, 2.24) is 10.2 Å². The van der Waals surface area contributed by atoms with Gasteiger partial charge in [-0.05, 0) is 31.9 Å². The van der Waals surface area contributed by atoms with E-state index >= 15 is 0 Å². The minimum Gasteiger partial charge on any atom is -0.337 e. The molecule has 2 rings (SSSR count). The third kappa shape index (κ3) is 3.54. The van der Waals surface area contributed by atoms with Gasteiger partial charge in [-0.25, -0.2) is 8.78 Å². The number of likely N-dealkylation sites (tertiary alicyclic amines) is 1. The van der Waals surface area contributed by atoms with Crippen LogP contribution in [0.3, 0.4) is 0 Å². The third-order valence-corrected chi connectivity index (χ3v) is 3.55. The molecule has 5 heteroatoms.